The number of nitriles is 1. The van der Waals surface area contributed by atoms with Gasteiger partial charge in [0.15, 0.2) is 5.82 Å². The largest absolute Gasteiger partial charge is 0.492 e. The van der Waals surface area contributed by atoms with Gasteiger partial charge < -0.3 is 52.8 Å². The molecule has 4 bridgehead atoms. The maximum atomic E-state index is 14.7. The highest BCUT2D eigenvalue weighted by Crippen LogP contribution is 2.40. The molecule has 350 valence electrons. The number of aromatic nitrogens is 3. The van der Waals surface area contributed by atoms with Crippen LogP contribution < -0.4 is 47.9 Å². The van der Waals surface area contributed by atoms with Gasteiger partial charge in [0.05, 0.1) is 23.0 Å². The number of hydrogen-bond acceptors (Lipinski definition) is 14. The van der Waals surface area contributed by atoms with Gasteiger partial charge in [-0.2, -0.15) is 5.26 Å². The second-order valence-corrected chi connectivity index (χ2v) is 15.9. The number of pyridine rings is 1. The van der Waals surface area contributed by atoms with Gasteiger partial charge in [0.25, 0.3) is 5.91 Å². The minimum absolute atomic E-state index is 0.000141. The van der Waals surface area contributed by atoms with Crippen molar-refractivity contribution in [1.82, 2.24) is 41.1 Å². The van der Waals surface area contributed by atoms with Crippen molar-refractivity contribution in [3.05, 3.63) is 88.4 Å². The number of fused-ring (bicyclic) bond motifs is 5. The highest BCUT2D eigenvalue weighted by Gasteiger charge is 2.36. The molecule has 0 saturated heterocycles. The standard InChI is InChI=1S/C47H60N12O7/c1-6-7-8-30-9-12-35(53-26-30)42-54-27(2)40(28(3)55-42)45(62)57-36(15-16-48)47(64)59(5)41-32-11-14-39(66-22-19-51)34(25-32)33-23-31(10-13-38(33)65-21-18-50)24-37(44(61)52-20-17-49)58-43(60)29(4)56-46(41)63/h9-14,23,25-26,29,36-37,41H,6-8,15-16,18-22,24,48,50-51H2,1-5H3,(H,52,61)(H,56,63)(H,57,62)(H,58,60)/t29-,36-,37-,41-/m0/s1. The van der Waals surface area contributed by atoms with Crippen molar-refractivity contribution in [2.24, 2.45) is 17.2 Å². The van der Waals surface area contributed by atoms with E-state index in [1.165, 1.54) is 18.9 Å². The Hall–Kier alpha value is -7.01. The Morgan fingerprint density at radius 1 is 0.924 bits per heavy atom. The van der Waals surface area contributed by atoms with Gasteiger partial charge in [-0.3, -0.25) is 29.0 Å². The van der Waals surface area contributed by atoms with Crippen molar-refractivity contribution in [2.45, 2.75) is 84.0 Å². The molecule has 0 aliphatic carbocycles. The van der Waals surface area contributed by atoms with E-state index >= 15 is 0 Å². The molecular formula is C47H60N12O7. The average Bonchev–Trinajstić information content (AvgIpc) is 3.30. The van der Waals surface area contributed by atoms with E-state index in [4.69, 9.17) is 31.9 Å². The summed E-state index contributed by atoms with van der Waals surface area (Å²) in [7, 11) is 1.41. The molecule has 0 unspecified atom stereocenters. The van der Waals surface area contributed by atoms with Gasteiger partial charge in [-0.1, -0.05) is 31.5 Å². The topological polar surface area (TPSA) is 296 Å². The van der Waals surface area contributed by atoms with Gasteiger partial charge in [-0.25, -0.2) is 9.97 Å². The fourth-order valence-electron chi connectivity index (χ4n) is 7.61. The Morgan fingerprint density at radius 2 is 1.59 bits per heavy atom. The fraction of sp³-hybridized carbons (Fsp3) is 0.426. The summed E-state index contributed by atoms with van der Waals surface area (Å²) in [5.74, 6) is -2.26. The van der Waals surface area contributed by atoms with Crippen LogP contribution in [0, 0.1) is 25.2 Å². The van der Waals surface area contributed by atoms with Gasteiger partial charge in [-0.15, -0.1) is 0 Å². The summed E-state index contributed by atoms with van der Waals surface area (Å²) in [6.45, 7) is 7.26. The number of rotatable bonds is 18. The van der Waals surface area contributed by atoms with Gasteiger partial charge >= 0.3 is 0 Å². The molecule has 19 heteroatoms. The van der Waals surface area contributed by atoms with Gasteiger partial charge in [0.2, 0.25) is 23.6 Å². The molecule has 2 aromatic heterocycles. The number of benzene rings is 2. The quantitative estimate of drug-likeness (QED) is 0.0700. The van der Waals surface area contributed by atoms with E-state index in [-0.39, 0.29) is 57.8 Å². The minimum Gasteiger partial charge on any atom is -0.492 e. The van der Waals surface area contributed by atoms with Gasteiger partial charge in [-0.05, 0) is 93.6 Å². The number of amides is 5. The van der Waals surface area contributed by atoms with Gasteiger partial charge in [0, 0.05) is 43.9 Å². The number of hydrogen-bond donors (Lipinski definition) is 7. The number of ether oxygens (including phenoxy) is 2. The van der Waals surface area contributed by atoms with E-state index < -0.39 is 53.7 Å². The number of likely N-dealkylation sites (N-methyl/N-ethyl adjacent to an activating group) is 1. The van der Waals surface area contributed by atoms with Crippen LogP contribution in [0.25, 0.3) is 22.6 Å². The predicted octanol–water partition coefficient (Wildman–Crippen LogP) is 1.67. The lowest BCUT2D eigenvalue weighted by Gasteiger charge is -2.32. The zero-order valence-corrected chi connectivity index (χ0v) is 38.1. The molecule has 1 aliphatic heterocycles. The molecule has 0 fully saturated rings. The third kappa shape index (κ3) is 12.4. The summed E-state index contributed by atoms with van der Waals surface area (Å²) in [5.41, 5.74) is 22.1. The molecule has 66 heavy (non-hydrogen) atoms. The molecule has 5 rings (SSSR count). The Balaban J connectivity index is 1.56. The molecular weight excluding hydrogens is 845 g/mol. The minimum atomic E-state index is -1.41. The summed E-state index contributed by atoms with van der Waals surface area (Å²) in [5, 5.41) is 19.9. The molecule has 19 nitrogen and oxygen atoms in total. The molecule has 4 aromatic rings. The monoisotopic (exact) mass is 904 g/mol. The summed E-state index contributed by atoms with van der Waals surface area (Å²) >= 11 is 0. The third-order valence-corrected chi connectivity index (χ3v) is 11.0. The van der Waals surface area contributed by atoms with E-state index in [1.807, 2.05) is 18.2 Å². The summed E-state index contributed by atoms with van der Waals surface area (Å²) in [6, 6.07) is 10.8. The summed E-state index contributed by atoms with van der Waals surface area (Å²) < 4.78 is 12.2. The van der Waals surface area contributed by atoms with Crippen molar-refractivity contribution in [1.29, 1.82) is 5.26 Å². The number of carbonyl (C=O) groups is 5. The lowest BCUT2D eigenvalue weighted by atomic mass is 9.93. The number of aryl methyl sites for hydroxylation is 3. The highest BCUT2D eigenvalue weighted by molar-refractivity contribution is 6.00. The Kier molecular flexibility index (Phi) is 18.0. The maximum Gasteiger partial charge on any atom is 0.255 e. The van der Waals surface area contributed by atoms with Crippen molar-refractivity contribution >= 4 is 29.5 Å². The molecule has 3 heterocycles. The molecule has 10 N–H and O–H groups in total. The van der Waals surface area contributed by atoms with Crippen LogP contribution in [0.1, 0.15) is 77.6 Å². The first-order valence-electron chi connectivity index (χ1n) is 22.0. The van der Waals surface area contributed by atoms with Crippen LogP contribution in [0.5, 0.6) is 11.5 Å². The zero-order chi connectivity index (χ0) is 47.9. The van der Waals surface area contributed by atoms with E-state index in [9.17, 15) is 24.0 Å². The van der Waals surface area contributed by atoms with Crippen LogP contribution in [0.15, 0.2) is 54.7 Å². The lowest BCUT2D eigenvalue weighted by Crippen LogP contribution is -2.56. The molecule has 0 radical (unpaired) electrons. The molecule has 1 aliphatic rings. The predicted molar refractivity (Wildman–Crippen MR) is 247 cm³/mol. The molecule has 2 aromatic carbocycles. The molecule has 4 atom stereocenters. The van der Waals surface area contributed by atoms with E-state index in [0.29, 0.717) is 56.7 Å². The van der Waals surface area contributed by atoms with Crippen LogP contribution in [0.3, 0.4) is 0 Å². The zero-order valence-electron chi connectivity index (χ0n) is 38.1. The maximum absolute atomic E-state index is 14.7. The Morgan fingerprint density at radius 3 is 2.20 bits per heavy atom. The van der Waals surface area contributed by atoms with Crippen molar-refractivity contribution < 1.29 is 33.4 Å². The molecule has 0 saturated carbocycles. The Labute approximate surface area is 384 Å². The van der Waals surface area contributed by atoms with Crippen LogP contribution in [-0.4, -0.2) is 114 Å². The number of nitrogens with one attached hydrogen (secondary N) is 4. The second-order valence-electron chi connectivity index (χ2n) is 15.9. The van der Waals surface area contributed by atoms with Crippen LogP contribution in [0.2, 0.25) is 0 Å². The summed E-state index contributed by atoms with van der Waals surface area (Å²) in [6.07, 6.45) is 4.81. The highest BCUT2D eigenvalue weighted by atomic mass is 16.5. The van der Waals surface area contributed by atoms with Crippen LogP contribution in [0.4, 0.5) is 0 Å². The van der Waals surface area contributed by atoms with Crippen LogP contribution in [-0.2, 0) is 32.0 Å². The number of nitrogens with zero attached hydrogens (tertiary/aromatic N) is 5. The average molecular weight is 905 g/mol. The van der Waals surface area contributed by atoms with E-state index in [0.717, 1.165) is 24.8 Å². The third-order valence-electron chi connectivity index (χ3n) is 11.0. The van der Waals surface area contributed by atoms with E-state index in [2.05, 4.69) is 43.1 Å². The first-order chi connectivity index (χ1) is 31.7. The summed E-state index contributed by atoms with van der Waals surface area (Å²) in [4.78, 5) is 85.4. The first-order valence-corrected chi connectivity index (χ1v) is 22.0. The SMILES string of the molecule is CCCCc1ccc(-c2nc(C)c(C(=O)N[C@@H](CCN)C(=O)N(C)[C@@H]3C(=O)N[C@@H](C)C(=O)N[C@H](C(=O)NCC#N)Cc4ccc(OCCN)c(c4)-c4cc3ccc4OCCN)c(C)n2)nc1. The Bertz CT molecular complexity index is 2400. The van der Waals surface area contributed by atoms with Gasteiger partial charge in [0.1, 0.15) is 61.1 Å². The number of unbranched alkanes of at least 4 members (excludes halogenated alkanes) is 1. The molecule has 5 amide bonds. The van der Waals surface area contributed by atoms with Crippen molar-refractivity contribution in [3.8, 4) is 40.2 Å². The first kappa shape index (κ1) is 50.0. The van der Waals surface area contributed by atoms with Crippen molar-refractivity contribution in [2.75, 3.05) is 46.4 Å². The smallest absolute Gasteiger partial charge is 0.255 e. The second kappa shape index (κ2) is 23.8. The number of nitrogens with two attached hydrogens (primary N) is 3. The van der Waals surface area contributed by atoms with E-state index in [1.54, 1.807) is 56.4 Å². The molecule has 0 spiro atoms. The fourth-order valence-corrected chi connectivity index (χ4v) is 7.61. The normalized spacial score (nSPS) is 16.4. The van der Waals surface area contributed by atoms with Crippen molar-refractivity contribution in [3.63, 3.8) is 0 Å². The number of carbonyl (C=O) groups excluding carboxylic acids is 5. The van der Waals surface area contributed by atoms with Crippen LogP contribution >= 0.6 is 0 Å². The lowest BCUT2D eigenvalue weighted by molar-refractivity contribution is -0.141.